The van der Waals surface area contributed by atoms with Crippen LogP contribution in [-0.4, -0.2) is 15.3 Å². The van der Waals surface area contributed by atoms with E-state index in [1.54, 1.807) is 0 Å². The first-order valence-corrected chi connectivity index (χ1v) is 9.98. The summed E-state index contributed by atoms with van der Waals surface area (Å²) in [6.45, 7) is 12.9. The van der Waals surface area contributed by atoms with Crippen molar-refractivity contribution >= 4 is 17.4 Å². The van der Waals surface area contributed by atoms with Crippen molar-refractivity contribution in [2.45, 2.75) is 54.4 Å². The van der Waals surface area contributed by atoms with Crippen molar-refractivity contribution in [3.8, 4) is 11.3 Å². The molecular weight excluding hydrogens is 346 g/mol. The highest BCUT2D eigenvalue weighted by Gasteiger charge is 2.20. The van der Waals surface area contributed by atoms with Crippen LogP contribution in [0, 0.1) is 25.2 Å². The Bertz CT molecular complexity index is 977. The molecule has 0 spiro atoms. The first kappa shape index (κ1) is 20.1. The van der Waals surface area contributed by atoms with Gasteiger partial charge in [-0.3, -0.25) is 9.20 Å². The van der Waals surface area contributed by atoms with E-state index in [4.69, 9.17) is 4.98 Å². The first-order chi connectivity index (χ1) is 13.1. The zero-order valence-corrected chi connectivity index (χ0v) is 17.8. The Morgan fingerprint density at radius 1 is 1.11 bits per heavy atom. The van der Waals surface area contributed by atoms with Crippen LogP contribution < -0.4 is 5.32 Å². The lowest BCUT2D eigenvalue weighted by molar-refractivity contribution is -0.117. The lowest BCUT2D eigenvalue weighted by atomic mass is 9.84. The summed E-state index contributed by atoms with van der Waals surface area (Å²) < 4.78 is 1.97. The largest absolute Gasteiger partial charge is 0.310 e. The number of fused-ring (bicyclic) bond motifs is 1. The Morgan fingerprint density at radius 2 is 1.79 bits per heavy atom. The number of aryl methyl sites for hydroxylation is 2. The molecule has 0 fully saturated rings. The van der Waals surface area contributed by atoms with E-state index in [9.17, 15) is 4.79 Å². The van der Waals surface area contributed by atoms with Gasteiger partial charge in [0.1, 0.15) is 17.2 Å². The van der Waals surface area contributed by atoms with Crippen LogP contribution in [-0.2, 0) is 4.79 Å². The average Bonchev–Trinajstić information content (AvgIpc) is 2.91. The fourth-order valence-electron chi connectivity index (χ4n) is 3.80. The van der Waals surface area contributed by atoms with E-state index in [1.165, 1.54) is 5.56 Å². The second-order valence-electron chi connectivity index (χ2n) is 9.23. The number of hydrogen-bond acceptors (Lipinski definition) is 2. The highest BCUT2D eigenvalue weighted by molar-refractivity contribution is 5.94. The summed E-state index contributed by atoms with van der Waals surface area (Å²) in [4.78, 5) is 17.6. The van der Waals surface area contributed by atoms with Gasteiger partial charge in [-0.25, -0.2) is 4.98 Å². The highest BCUT2D eigenvalue weighted by Crippen LogP contribution is 2.31. The van der Waals surface area contributed by atoms with E-state index in [2.05, 4.69) is 64.2 Å². The molecule has 148 valence electrons. The second-order valence-corrected chi connectivity index (χ2v) is 9.23. The van der Waals surface area contributed by atoms with Gasteiger partial charge in [0.25, 0.3) is 0 Å². The van der Waals surface area contributed by atoms with Gasteiger partial charge >= 0.3 is 0 Å². The van der Waals surface area contributed by atoms with Gasteiger partial charge < -0.3 is 5.32 Å². The smallest absolute Gasteiger partial charge is 0.225 e. The minimum atomic E-state index is 0.0347. The Morgan fingerprint density at radius 3 is 2.43 bits per heavy atom. The van der Waals surface area contributed by atoms with Crippen molar-refractivity contribution in [1.82, 2.24) is 9.38 Å². The third kappa shape index (κ3) is 4.80. The molecule has 3 rings (SSSR count). The molecule has 1 N–H and O–H groups in total. The van der Waals surface area contributed by atoms with E-state index in [-0.39, 0.29) is 11.3 Å². The molecule has 4 heteroatoms. The maximum absolute atomic E-state index is 12.8. The number of hydrogen-bond donors (Lipinski definition) is 1. The Kier molecular flexibility index (Phi) is 5.59. The molecule has 0 aliphatic carbocycles. The Hall–Kier alpha value is -2.62. The van der Waals surface area contributed by atoms with Gasteiger partial charge in [-0.05, 0) is 49.3 Å². The van der Waals surface area contributed by atoms with Gasteiger partial charge in [0.2, 0.25) is 5.91 Å². The SMILES string of the molecule is Cc1ccc(-c2nc3cc(C)ccn3c2NC(=O)CC(C)CC(C)(C)C)cc1. The molecule has 2 aromatic heterocycles. The number of rotatable bonds is 5. The average molecular weight is 378 g/mol. The quantitative estimate of drug-likeness (QED) is 0.591. The molecule has 0 saturated carbocycles. The number of carbonyl (C=O) groups excluding carboxylic acids is 1. The van der Waals surface area contributed by atoms with Crippen molar-refractivity contribution in [2.75, 3.05) is 5.32 Å². The number of nitrogens with zero attached hydrogens (tertiary/aromatic N) is 2. The summed E-state index contributed by atoms with van der Waals surface area (Å²) in [6.07, 6.45) is 3.49. The molecule has 2 heterocycles. The van der Waals surface area contributed by atoms with Crippen molar-refractivity contribution < 1.29 is 4.79 Å². The Balaban J connectivity index is 1.93. The standard InChI is InChI=1S/C24H31N3O/c1-16-7-9-19(10-8-16)22-23(27-12-11-17(2)13-20(27)25-22)26-21(28)14-18(3)15-24(4,5)6/h7-13,18H,14-15H2,1-6H3,(H,26,28). The van der Waals surface area contributed by atoms with Crippen LogP contribution in [0.1, 0.15) is 51.7 Å². The van der Waals surface area contributed by atoms with Crippen LogP contribution in [0.4, 0.5) is 5.82 Å². The number of anilines is 1. The molecule has 0 aliphatic heterocycles. The fourth-order valence-corrected chi connectivity index (χ4v) is 3.80. The molecule has 0 radical (unpaired) electrons. The molecule has 1 unspecified atom stereocenters. The molecule has 3 aromatic rings. The van der Waals surface area contributed by atoms with E-state index >= 15 is 0 Å². The lowest BCUT2D eigenvalue weighted by Crippen LogP contribution is -2.19. The monoisotopic (exact) mass is 377 g/mol. The van der Waals surface area contributed by atoms with Crippen molar-refractivity contribution in [1.29, 1.82) is 0 Å². The van der Waals surface area contributed by atoms with E-state index < -0.39 is 0 Å². The maximum Gasteiger partial charge on any atom is 0.225 e. The summed E-state index contributed by atoms with van der Waals surface area (Å²) in [7, 11) is 0. The molecule has 0 bridgehead atoms. The van der Waals surface area contributed by atoms with Crippen LogP contribution >= 0.6 is 0 Å². The topological polar surface area (TPSA) is 46.4 Å². The van der Waals surface area contributed by atoms with Crippen molar-refractivity contribution in [3.63, 3.8) is 0 Å². The number of amides is 1. The molecule has 0 aliphatic rings. The number of pyridine rings is 1. The van der Waals surface area contributed by atoms with Gasteiger partial charge in [0.05, 0.1) is 0 Å². The lowest BCUT2D eigenvalue weighted by Gasteiger charge is -2.22. The third-order valence-corrected chi connectivity index (χ3v) is 4.86. The third-order valence-electron chi connectivity index (χ3n) is 4.86. The van der Waals surface area contributed by atoms with Crippen LogP contribution in [0.15, 0.2) is 42.6 Å². The zero-order valence-electron chi connectivity index (χ0n) is 17.8. The van der Waals surface area contributed by atoms with Gasteiger partial charge in [0.15, 0.2) is 0 Å². The minimum Gasteiger partial charge on any atom is -0.310 e. The predicted octanol–water partition coefficient (Wildman–Crippen LogP) is 6.02. The number of imidazole rings is 1. The maximum atomic E-state index is 12.8. The van der Waals surface area contributed by atoms with Gasteiger partial charge in [0, 0.05) is 18.2 Å². The van der Waals surface area contributed by atoms with Gasteiger partial charge in [-0.15, -0.1) is 0 Å². The van der Waals surface area contributed by atoms with Crippen LogP contribution in [0.2, 0.25) is 0 Å². The number of aromatic nitrogens is 2. The first-order valence-electron chi connectivity index (χ1n) is 9.98. The molecule has 4 nitrogen and oxygen atoms in total. The number of carbonyl (C=O) groups is 1. The van der Waals surface area contributed by atoms with Crippen LogP contribution in [0.25, 0.3) is 16.9 Å². The zero-order chi connectivity index (χ0) is 20.5. The van der Waals surface area contributed by atoms with E-state index in [0.717, 1.165) is 34.7 Å². The normalized spacial score (nSPS) is 12.9. The predicted molar refractivity (Wildman–Crippen MR) is 117 cm³/mol. The summed E-state index contributed by atoms with van der Waals surface area (Å²) in [5, 5.41) is 3.14. The molecule has 28 heavy (non-hydrogen) atoms. The molecule has 1 atom stereocenters. The van der Waals surface area contributed by atoms with Crippen molar-refractivity contribution in [3.05, 3.63) is 53.7 Å². The highest BCUT2D eigenvalue weighted by atomic mass is 16.1. The molecular formula is C24H31N3O. The van der Waals surface area contributed by atoms with Crippen molar-refractivity contribution in [2.24, 2.45) is 11.3 Å². The number of benzene rings is 1. The van der Waals surface area contributed by atoms with E-state index in [0.29, 0.717) is 12.3 Å². The summed E-state index contributed by atoms with van der Waals surface area (Å²) >= 11 is 0. The van der Waals surface area contributed by atoms with Crippen LogP contribution in [0.3, 0.4) is 0 Å². The van der Waals surface area contributed by atoms with Gasteiger partial charge in [-0.1, -0.05) is 57.5 Å². The number of nitrogens with one attached hydrogen (secondary N) is 1. The summed E-state index contributed by atoms with van der Waals surface area (Å²) in [6, 6.07) is 12.3. The minimum absolute atomic E-state index is 0.0347. The fraction of sp³-hybridized carbons (Fsp3) is 0.417. The second kappa shape index (κ2) is 7.78. The molecule has 1 amide bonds. The Labute approximate surface area is 168 Å². The van der Waals surface area contributed by atoms with Crippen LogP contribution in [0.5, 0.6) is 0 Å². The van der Waals surface area contributed by atoms with Gasteiger partial charge in [-0.2, -0.15) is 0 Å². The molecule has 0 saturated heterocycles. The molecule has 1 aromatic carbocycles. The summed E-state index contributed by atoms with van der Waals surface area (Å²) in [5.41, 5.74) is 5.21. The van der Waals surface area contributed by atoms with E-state index in [1.807, 2.05) is 29.7 Å². The summed E-state index contributed by atoms with van der Waals surface area (Å²) in [5.74, 6) is 1.10.